The number of aromatic amines is 1. The molecule has 0 aromatic carbocycles. The summed E-state index contributed by atoms with van der Waals surface area (Å²) < 4.78 is 1.79. The minimum atomic E-state index is 0.684. The molecule has 2 aromatic rings. The van der Waals surface area contributed by atoms with E-state index in [4.69, 9.17) is 0 Å². The monoisotopic (exact) mass is 231 g/mol. The van der Waals surface area contributed by atoms with Crippen molar-refractivity contribution in [3.63, 3.8) is 0 Å². The van der Waals surface area contributed by atoms with Gasteiger partial charge in [-0.1, -0.05) is 13.3 Å². The van der Waals surface area contributed by atoms with Crippen LogP contribution in [0.1, 0.15) is 37.0 Å². The van der Waals surface area contributed by atoms with Crippen molar-refractivity contribution in [2.24, 2.45) is 5.92 Å². The molecule has 0 fully saturated rings. The number of nitrogens with zero attached hydrogens (tertiary/aromatic N) is 4. The molecule has 0 aliphatic heterocycles. The molecular weight excluding hydrogens is 214 g/mol. The van der Waals surface area contributed by atoms with Gasteiger partial charge in [0.15, 0.2) is 0 Å². The first kappa shape index (κ1) is 10.5. The Bertz CT molecular complexity index is 485. The van der Waals surface area contributed by atoms with E-state index in [9.17, 15) is 0 Å². The Morgan fingerprint density at radius 2 is 2.47 bits per heavy atom. The van der Waals surface area contributed by atoms with Gasteiger partial charge >= 0.3 is 0 Å². The zero-order valence-electron chi connectivity index (χ0n) is 10.1. The molecule has 1 aliphatic rings. The van der Waals surface area contributed by atoms with Crippen molar-refractivity contribution < 1.29 is 0 Å². The summed E-state index contributed by atoms with van der Waals surface area (Å²) in [6.45, 7) is 2.95. The molecule has 5 nitrogen and oxygen atoms in total. The Labute approximate surface area is 100 Å². The lowest BCUT2D eigenvalue weighted by Crippen LogP contribution is -2.12. The zero-order valence-corrected chi connectivity index (χ0v) is 10.1. The Balaban J connectivity index is 1.78. The topological polar surface area (TPSA) is 59.4 Å². The molecule has 90 valence electrons. The summed E-state index contributed by atoms with van der Waals surface area (Å²) in [5, 5.41) is 4.09. The molecule has 0 spiro atoms. The SMILES string of the molecule is CCC1CCc2nc(Cn3cncn3)[nH]c2C1. The number of aryl methyl sites for hydroxylation is 1. The van der Waals surface area contributed by atoms with E-state index < -0.39 is 0 Å². The van der Waals surface area contributed by atoms with Crippen molar-refractivity contribution in [1.82, 2.24) is 24.7 Å². The van der Waals surface area contributed by atoms with Gasteiger partial charge in [-0.3, -0.25) is 0 Å². The van der Waals surface area contributed by atoms with Crippen molar-refractivity contribution in [3.8, 4) is 0 Å². The van der Waals surface area contributed by atoms with Gasteiger partial charge in [-0.15, -0.1) is 0 Å². The predicted octanol–water partition coefficient (Wildman–Crippen LogP) is 1.56. The standard InChI is InChI=1S/C12H17N5/c1-2-9-3-4-10-11(5-9)16-12(15-10)6-17-8-13-7-14-17/h7-9H,2-6H2,1H3,(H,15,16). The van der Waals surface area contributed by atoms with Crippen molar-refractivity contribution in [2.45, 2.75) is 39.2 Å². The van der Waals surface area contributed by atoms with Crippen LogP contribution in [0.2, 0.25) is 0 Å². The third kappa shape index (κ3) is 2.09. The summed E-state index contributed by atoms with van der Waals surface area (Å²) in [6, 6.07) is 0. The summed E-state index contributed by atoms with van der Waals surface area (Å²) in [7, 11) is 0. The summed E-state index contributed by atoms with van der Waals surface area (Å²) in [5.41, 5.74) is 2.59. The van der Waals surface area contributed by atoms with E-state index in [1.807, 2.05) is 0 Å². The molecule has 2 heterocycles. The molecule has 3 rings (SSSR count). The van der Waals surface area contributed by atoms with Crippen LogP contribution in [-0.4, -0.2) is 24.7 Å². The van der Waals surface area contributed by atoms with Crippen LogP contribution < -0.4 is 0 Å². The molecule has 1 atom stereocenters. The van der Waals surface area contributed by atoms with Gasteiger partial charge in [0.2, 0.25) is 0 Å². The van der Waals surface area contributed by atoms with Crippen molar-refractivity contribution in [2.75, 3.05) is 0 Å². The first-order valence-corrected chi connectivity index (χ1v) is 6.24. The number of imidazole rings is 1. The number of hydrogen-bond acceptors (Lipinski definition) is 3. The number of hydrogen-bond donors (Lipinski definition) is 1. The van der Waals surface area contributed by atoms with E-state index in [-0.39, 0.29) is 0 Å². The minimum absolute atomic E-state index is 0.684. The number of H-pyrrole nitrogens is 1. The van der Waals surface area contributed by atoms with Crippen LogP contribution in [0, 0.1) is 5.92 Å². The molecule has 0 saturated carbocycles. The highest BCUT2D eigenvalue weighted by Crippen LogP contribution is 2.25. The van der Waals surface area contributed by atoms with Crippen LogP contribution in [0.5, 0.6) is 0 Å². The Hall–Kier alpha value is -1.65. The number of nitrogens with one attached hydrogen (secondary N) is 1. The van der Waals surface area contributed by atoms with Crippen LogP contribution in [-0.2, 0) is 19.4 Å². The normalized spacial score (nSPS) is 19.2. The summed E-state index contributed by atoms with van der Waals surface area (Å²) in [6.07, 6.45) is 8.07. The second-order valence-electron chi connectivity index (χ2n) is 4.72. The number of aromatic nitrogens is 5. The number of fused-ring (bicyclic) bond motifs is 1. The van der Waals surface area contributed by atoms with Crippen LogP contribution in [0.3, 0.4) is 0 Å². The highest BCUT2D eigenvalue weighted by atomic mass is 15.3. The lowest BCUT2D eigenvalue weighted by Gasteiger charge is -2.19. The molecule has 1 N–H and O–H groups in total. The highest BCUT2D eigenvalue weighted by Gasteiger charge is 2.20. The molecule has 0 radical (unpaired) electrons. The van der Waals surface area contributed by atoms with Crippen LogP contribution >= 0.6 is 0 Å². The highest BCUT2D eigenvalue weighted by molar-refractivity contribution is 5.18. The molecule has 2 aromatic heterocycles. The van der Waals surface area contributed by atoms with E-state index >= 15 is 0 Å². The largest absolute Gasteiger partial charge is 0.344 e. The average Bonchev–Trinajstić information content (AvgIpc) is 2.96. The predicted molar refractivity (Wildman–Crippen MR) is 63.5 cm³/mol. The molecule has 17 heavy (non-hydrogen) atoms. The smallest absolute Gasteiger partial charge is 0.137 e. The molecule has 0 saturated heterocycles. The zero-order chi connectivity index (χ0) is 11.7. The Morgan fingerprint density at radius 1 is 1.53 bits per heavy atom. The van der Waals surface area contributed by atoms with Crippen molar-refractivity contribution in [1.29, 1.82) is 0 Å². The molecule has 5 heteroatoms. The molecule has 1 aliphatic carbocycles. The lowest BCUT2D eigenvalue weighted by molar-refractivity contribution is 0.438. The van der Waals surface area contributed by atoms with Gasteiger partial charge in [-0.25, -0.2) is 14.6 Å². The van der Waals surface area contributed by atoms with E-state index in [0.29, 0.717) is 6.54 Å². The fourth-order valence-electron chi connectivity index (χ4n) is 2.50. The van der Waals surface area contributed by atoms with Gasteiger partial charge < -0.3 is 4.98 Å². The van der Waals surface area contributed by atoms with Gasteiger partial charge in [-0.05, 0) is 25.2 Å². The van der Waals surface area contributed by atoms with Gasteiger partial charge in [-0.2, -0.15) is 5.10 Å². The Morgan fingerprint density at radius 3 is 3.24 bits per heavy atom. The lowest BCUT2D eigenvalue weighted by atomic mass is 9.88. The van der Waals surface area contributed by atoms with Crippen molar-refractivity contribution >= 4 is 0 Å². The first-order valence-electron chi connectivity index (χ1n) is 6.24. The summed E-state index contributed by atoms with van der Waals surface area (Å²) in [5.74, 6) is 1.82. The Kier molecular flexibility index (Phi) is 2.66. The maximum atomic E-state index is 4.65. The number of rotatable bonds is 3. The maximum absolute atomic E-state index is 4.65. The van der Waals surface area contributed by atoms with Crippen molar-refractivity contribution in [3.05, 3.63) is 29.9 Å². The second kappa shape index (κ2) is 4.31. The van der Waals surface area contributed by atoms with Gasteiger partial charge in [0, 0.05) is 5.69 Å². The third-order valence-electron chi connectivity index (χ3n) is 3.55. The van der Waals surface area contributed by atoms with E-state index in [0.717, 1.165) is 24.6 Å². The molecule has 0 amide bonds. The maximum Gasteiger partial charge on any atom is 0.137 e. The summed E-state index contributed by atoms with van der Waals surface area (Å²) >= 11 is 0. The fraction of sp³-hybridized carbons (Fsp3) is 0.583. The quantitative estimate of drug-likeness (QED) is 0.872. The molecule has 0 bridgehead atoms. The second-order valence-corrected chi connectivity index (χ2v) is 4.72. The third-order valence-corrected chi connectivity index (χ3v) is 3.55. The van der Waals surface area contributed by atoms with E-state index in [1.54, 1.807) is 17.3 Å². The van der Waals surface area contributed by atoms with Gasteiger partial charge in [0.25, 0.3) is 0 Å². The summed E-state index contributed by atoms with van der Waals surface area (Å²) in [4.78, 5) is 12.0. The molecular formula is C12H17N5. The minimum Gasteiger partial charge on any atom is -0.344 e. The van der Waals surface area contributed by atoms with Gasteiger partial charge in [0.1, 0.15) is 25.0 Å². The van der Waals surface area contributed by atoms with Crippen LogP contribution in [0.4, 0.5) is 0 Å². The fourth-order valence-corrected chi connectivity index (χ4v) is 2.50. The van der Waals surface area contributed by atoms with E-state index in [1.165, 1.54) is 24.2 Å². The molecule has 1 unspecified atom stereocenters. The average molecular weight is 231 g/mol. The van der Waals surface area contributed by atoms with Gasteiger partial charge in [0.05, 0.1) is 5.69 Å². The first-order chi connectivity index (χ1) is 8.35. The van der Waals surface area contributed by atoms with E-state index in [2.05, 4.69) is 27.0 Å². The van der Waals surface area contributed by atoms with Crippen LogP contribution in [0.15, 0.2) is 12.7 Å². The van der Waals surface area contributed by atoms with Crippen LogP contribution in [0.25, 0.3) is 0 Å².